The van der Waals surface area contributed by atoms with E-state index in [1.165, 1.54) is 30.5 Å². The second-order valence-corrected chi connectivity index (χ2v) is 5.63. The van der Waals surface area contributed by atoms with E-state index >= 15 is 0 Å². The van der Waals surface area contributed by atoms with E-state index in [4.69, 9.17) is 17.3 Å². The van der Waals surface area contributed by atoms with Crippen molar-refractivity contribution in [1.29, 1.82) is 0 Å². The normalized spacial score (nSPS) is 17.8. The van der Waals surface area contributed by atoms with Crippen LogP contribution in [0.3, 0.4) is 0 Å². The minimum Gasteiger partial charge on any atom is -0.371 e. The zero-order valence-corrected chi connectivity index (χ0v) is 11.9. The zero-order valence-electron chi connectivity index (χ0n) is 11.2. The molecule has 100 valence electrons. The molecule has 1 aliphatic rings. The van der Waals surface area contributed by atoms with Crippen molar-refractivity contribution in [3.05, 3.63) is 28.8 Å². The van der Waals surface area contributed by atoms with Gasteiger partial charge in [-0.25, -0.2) is 0 Å². The lowest BCUT2D eigenvalue weighted by Crippen LogP contribution is -2.31. The highest BCUT2D eigenvalue weighted by Crippen LogP contribution is 2.28. The predicted octanol–water partition coefficient (Wildman–Crippen LogP) is 3.61. The van der Waals surface area contributed by atoms with E-state index in [0.717, 1.165) is 31.0 Å². The molecule has 0 spiro atoms. The van der Waals surface area contributed by atoms with Gasteiger partial charge in [0.25, 0.3) is 0 Å². The van der Waals surface area contributed by atoms with Crippen LogP contribution in [0.1, 0.15) is 38.2 Å². The van der Waals surface area contributed by atoms with Crippen molar-refractivity contribution >= 4 is 17.3 Å². The maximum absolute atomic E-state index is 6.15. The summed E-state index contributed by atoms with van der Waals surface area (Å²) in [6.07, 6.45) is 5.88. The highest BCUT2D eigenvalue weighted by Gasteiger charge is 2.16. The average Bonchev–Trinajstić information content (AvgIpc) is 2.41. The molecule has 1 aromatic rings. The summed E-state index contributed by atoms with van der Waals surface area (Å²) in [5.74, 6) is 0. The SMILES string of the molecule is CCC(N)Cc1ccc(Cl)cc1N1CCCCC1. The van der Waals surface area contributed by atoms with Gasteiger partial charge in [-0.1, -0.05) is 24.6 Å². The van der Waals surface area contributed by atoms with Gasteiger partial charge < -0.3 is 10.6 Å². The molecule has 0 amide bonds. The summed E-state index contributed by atoms with van der Waals surface area (Å²) in [7, 11) is 0. The molecule has 1 saturated heterocycles. The zero-order chi connectivity index (χ0) is 13.0. The van der Waals surface area contributed by atoms with Crippen LogP contribution in [0.5, 0.6) is 0 Å². The minimum atomic E-state index is 0.245. The van der Waals surface area contributed by atoms with Crippen molar-refractivity contribution in [2.24, 2.45) is 5.73 Å². The molecule has 1 heterocycles. The highest BCUT2D eigenvalue weighted by atomic mass is 35.5. The fourth-order valence-electron chi connectivity index (χ4n) is 2.57. The Bertz CT molecular complexity index is 386. The monoisotopic (exact) mass is 266 g/mol. The average molecular weight is 267 g/mol. The Kier molecular flexibility index (Phi) is 4.90. The third-order valence-corrected chi connectivity index (χ3v) is 3.99. The molecule has 0 radical (unpaired) electrons. The van der Waals surface area contributed by atoms with Crippen LogP contribution in [0.15, 0.2) is 18.2 Å². The van der Waals surface area contributed by atoms with E-state index in [9.17, 15) is 0 Å². The van der Waals surface area contributed by atoms with E-state index in [1.54, 1.807) is 0 Å². The topological polar surface area (TPSA) is 29.3 Å². The van der Waals surface area contributed by atoms with Gasteiger partial charge in [0.2, 0.25) is 0 Å². The Morgan fingerprint density at radius 3 is 2.67 bits per heavy atom. The Morgan fingerprint density at radius 2 is 2.00 bits per heavy atom. The van der Waals surface area contributed by atoms with E-state index in [2.05, 4.69) is 24.0 Å². The number of halogens is 1. The molecular weight excluding hydrogens is 244 g/mol. The summed E-state index contributed by atoms with van der Waals surface area (Å²) >= 11 is 6.15. The fourth-order valence-corrected chi connectivity index (χ4v) is 2.73. The smallest absolute Gasteiger partial charge is 0.0426 e. The first-order chi connectivity index (χ1) is 8.70. The van der Waals surface area contributed by atoms with Crippen LogP contribution >= 0.6 is 11.6 Å². The maximum Gasteiger partial charge on any atom is 0.0426 e. The molecule has 1 fully saturated rings. The number of nitrogens with zero attached hydrogens (tertiary/aromatic N) is 1. The van der Waals surface area contributed by atoms with Gasteiger partial charge in [-0.05, 0) is 49.8 Å². The van der Waals surface area contributed by atoms with Gasteiger partial charge in [0, 0.05) is 29.8 Å². The molecule has 0 aliphatic carbocycles. The van der Waals surface area contributed by atoms with Gasteiger partial charge in [0.15, 0.2) is 0 Å². The van der Waals surface area contributed by atoms with Crippen LogP contribution in [0, 0.1) is 0 Å². The first kappa shape index (κ1) is 13.7. The fraction of sp³-hybridized carbons (Fsp3) is 0.600. The van der Waals surface area contributed by atoms with Crippen molar-refractivity contribution in [3.63, 3.8) is 0 Å². The summed E-state index contributed by atoms with van der Waals surface area (Å²) in [6.45, 7) is 4.44. The van der Waals surface area contributed by atoms with E-state index in [-0.39, 0.29) is 6.04 Å². The number of piperidine rings is 1. The van der Waals surface area contributed by atoms with Gasteiger partial charge in [-0.3, -0.25) is 0 Å². The quantitative estimate of drug-likeness (QED) is 0.902. The van der Waals surface area contributed by atoms with Crippen LogP contribution in [0.4, 0.5) is 5.69 Å². The van der Waals surface area contributed by atoms with Gasteiger partial charge in [-0.2, -0.15) is 0 Å². The number of anilines is 1. The molecule has 18 heavy (non-hydrogen) atoms. The molecule has 3 heteroatoms. The van der Waals surface area contributed by atoms with Crippen LogP contribution in [-0.2, 0) is 6.42 Å². The Labute approximate surface area is 115 Å². The molecule has 2 rings (SSSR count). The standard InChI is InChI=1S/C15H23ClN2/c1-2-14(17)10-12-6-7-13(16)11-15(12)18-8-4-3-5-9-18/h6-7,11,14H,2-5,8-10,17H2,1H3. The lowest BCUT2D eigenvalue weighted by Gasteiger charge is -2.31. The molecule has 2 N–H and O–H groups in total. The van der Waals surface area contributed by atoms with E-state index in [1.807, 2.05) is 6.07 Å². The van der Waals surface area contributed by atoms with Gasteiger partial charge in [0.1, 0.15) is 0 Å². The minimum absolute atomic E-state index is 0.245. The molecule has 0 bridgehead atoms. The second kappa shape index (κ2) is 6.44. The second-order valence-electron chi connectivity index (χ2n) is 5.19. The van der Waals surface area contributed by atoms with Crippen molar-refractivity contribution < 1.29 is 0 Å². The van der Waals surface area contributed by atoms with Crippen molar-refractivity contribution in [2.45, 2.75) is 45.1 Å². The van der Waals surface area contributed by atoms with E-state index in [0.29, 0.717) is 0 Å². The van der Waals surface area contributed by atoms with Crippen molar-refractivity contribution in [3.8, 4) is 0 Å². The molecule has 1 aliphatic heterocycles. The summed E-state index contributed by atoms with van der Waals surface area (Å²) < 4.78 is 0. The summed E-state index contributed by atoms with van der Waals surface area (Å²) in [5.41, 5.74) is 8.73. The number of benzene rings is 1. The van der Waals surface area contributed by atoms with Gasteiger partial charge in [0.05, 0.1) is 0 Å². The lowest BCUT2D eigenvalue weighted by molar-refractivity contribution is 0.573. The molecule has 0 aromatic heterocycles. The molecule has 1 unspecified atom stereocenters. The first-order valence-corrected chi connectivity index (χ1v) is 7.37. The third-order valence-electron chi connectivity index (χ3n) is 3.75. The van der Waals surface area contributed by atoms with Crippen LogP contribution < -0.4 is 10.6 Å². The van der Waals surface area contributed by atoms with Crippen LogP contribution in [-0.4, -0.2) is 19.1 Å². The summed E-state index contributed by atoms with van der Waals surface area (Å²) in [5, 5.41) is 0.824. The Balaban J connectivity index is 2.22. The number of hydrogen-bond donors (Lipinski definition) is 1. The third kappa shape index (κ3) is 3.39. The maximum atomic E-state index is 6.15. The number of hydrogen-bond acceptors (Lipinski definition) is 2. The van der Waals surface area contributed by atoms with Crippen LogP contribution in [0.2, 0.25) is 5.02 Å². The van der Waals surface area contributed by atoms with Gasteiger partial charge in [-0.15, -0.1) is 0 Å². The molecule has 2 nitrogen and oxygen atoms in total. The molecule has 1 atom stereocenters. The number of rotatable bonds is 4. The molecule has 1 aromatic carbocycles. The highest BCUT2D eigenvalue weighted by molar-refractivity contribution is 6.30. The first-order valence-electron chi connectivity index (χ1n) is 6.99. The molecule has 0 saturated carbocycles. The van der Waals surface area contributed by atoms with E-state index < -0.39 is 0 Å². The lowest BCUT2D eigenvalue weighted by atomic mass is 10.0. The summed E-state index contributed by atoms with van der Waals surface area (Å²) in [4.78, 5) is 2.47. The number of nitrogens with two attached hydrogens (primary N) is 1. The van der Waals surface area contributed by atoms with Gasteiger partial charge >= 0.3 is 0 Å². The van der Waals surface area contributed by atoms with Crippen LogP contribution in [0.25, 0.3) is 0 Å². The largest absolute Gasteiger partial charge is 0.371 e. The summed E-state index contributed by atoms with van der Waals surface area (Å²) in [6, 6.07) is 6.47. The van der Waals surface area contributed by atoms with Crippen molar-refractivity contribution in [1.82, 2.24) is 0 Å². The molecular formula is C15H23ClN2. The predicted molar refractivity (Wildman–Crippen MR) is 79.5 cm³/mol. The Morgan fingerprint density at radius 1 is 1.28 bits per heavy atom. The van der Waals surface area contributed by atoms with Crippen molar-refractivity contribution in [2.75, 3.05) is 18.0 Å². The Hall–Kier alpha value is -0.730.